The highest BCUT2D eigenvalue weighted by Crippen LogP contribution is 2.25. The lowest BCUT2D eigenvalue weighted by Gasteiger charge is -2.32. The molecule has 1 fully saturated rings. The number of rotatable bonds is 4. The van der Waals surface area contributed by atoms with Crippen molar-refractivity contribution < 1.29 is 0 Å². The fourth-order valence-corrected chi connectivity index (χ4v) is 3.53. The smallest absolute Gasteiger partial charge is 0.191 e. The standard InChI is InChI=1S/C15H24N4S.HI/c1-11(9-17-15(16-2)18-13-3-4-13)19-7-5-14-12(10-19)6-8-20-14;/h6,8,11,13H,3-5,7,9-10H2,1-2H3,(H2,16,17,18);1H. The molecule has 6 heteroatoms. The molecular formula is C15H25IN4S. The summed E-state index contributed by atoms with van der Waals surface area (Å²) < 4.78 is 0. The van der Waals surface area contributed by atoms with Gasteiger partial charge < -0.3 is 10.6 Å². The number of nitrogens with one attached hydrogen (secondary N) is 2. The van der Waals surface area contributed by atoms with Crippen molar-refractivity contribution in [3.8, 4) is 0 Å². The van der Waals surface area contributed by atoms with Crippen LogP contribution in [0, 0.1) is 0 Å². The van der Waals surface area contributed by atoms with Crippen LogP contribution in [0.15, 0.2) is 16.4 Å². The van der Waals surface area contributed by atoms with E-state index in [1.54, 1.807) is 4.88 Å². The highest BCUT2D eigenvalue weighted by molar-refractivity contribution is 14.0. The number of guanidine groups is 1. The van der Waals surface area contributed by atoms with Crippen LogP contribution in [0.5, 0.6) is 0 Å². The first kappa shape index (κ1) is 17.0. The Bertz CT molecular complexity index is 484. The van der Waals surface area contributed by atoms with Crippen molar-refractivity contribution in [1.29, 1.82) is 0 Å². The average Bonchev–Trinajstić information content (AvgIpc) is 3.16. The number of thiophene rings is 1. The van der Waals surface area contributed by atoms with Crippen LogP contribution in [0.1, 0.15) is 30.2 Å². The Morgan fingerprint density at radius 3 is 3.05 bits per heavy atom. The Hall–Kier alpha value is -0.340. The number of hydrogen-bond acceptors (Lipinski definition) is 3. The van der Waals surface area contributed by atoms with Gasteiger partial charge in [-0.3, -0.25) is 9.89 Å². The second kappa shape index (κ2) is 7.78. The number of hydrogen-bond donors (Lipinski definition) is 2. The second-order valence-corrected chi connectivity index (χ2v) is 6.81. The summed E-state index contributed by atoms with van der Waals surface area (Å²) in [5.41, 5.74) is 1.52. The number of aliphatic imine (C=N–C) groups is 1. The second-order valence-electron chi connectivity index (χ2n) is 5.81. The van der Waals surface area contributed by atoms with Crippen molar-refractivity contribution in [1.82, 2.24) is 15.5 Å². The molecule has 21 heavy (non-hydrogen) atoms. The Morgan fingerprint density at radius 1 is 1.52 bits per heavy atom. The summed E-state index contributed by atoms with van der Waals surface area (Å²) in [5.74, 6) is 0.951. The lowest BCUT2D eigenvalue weighted by atomic mass is 10.1. The van der Waals surface area contributed by atoms with Gasteiger partial charge in [-0.1, -0.05) is 0 Å². The maximum absolute atomic E-state index is 4.29. The van der Waals surface area contributed by atoms with Crippen molar-refractivity contribution >= 4 is 41.3 Å². The van der Waals surface area contributed by atoms with Gasteiger partial charge in [0.05, 0.1) is 0 Å². The van der Waals surface area contributed by atoms with Crippen LogP contribution < -0.4 is 10.6 Å². The highest BCUT2D eigenvalue weighted by atomic mass is 127. The minimum atomic E-state index is 0. The van der Waals surface area contributed by atoms with Gasteiger partial charge in [-0.2, -0.15) is 0 Å². The van der Waals surface area contributed by atoms with E-state index in [-0.39, 0.29) is 24.0 Å². The monoisotopic (exact) mass is 420 g/mol. The zero-order chi connectivity index (χ0) is 13.9. The summed E-state index contributed by atoms with van der Waals surface area (Å²) in [6, 6.07) is 3.46. The van der Waals surface area contributed by atoms with E-state index >= 15 is 0 Å². The van der Waals surface area contributed by atoms with Gasteiger partial charge in [0.25, 0.3) is 0 Å². The highest BCUT2D eigenvalue weighted by Gasteiger charge is 2.24. The van der Waals surface area contributed by atoms with E-state index in [0.29, 0.717) is 12.1 Å². The molecule has 0 saturated heterocycles. The normalized spacial score (nSPS) is 20.4. The van der Waals surface area contributed by atoms with Crippen LogP contribution in [0.3, 0.4) is 0 Å². The van der Waals surface area contributed by atoms with Crippen molar-refractivity contribution in [3.63, 3.8) is 0 Å². The zero-order valence-corrected chi connectivity index (χ0v) is 15.9. The van der Waals surface area contributed by atoms with Gasteiger partial charge in [0.15, 0.2) is 5.96 Å². The lowest BCUT2D eigenvalue weighted by Crippen LogP contribution is -2.47. The first-order valence-corrected chi connectivity index (χ1v) is 8.40. The maximum Gasteiger partial charge on any atom is 0.191 e. The molecule has 0 amide bonds. The summed E-state index contributed by atoms with van der Waals surface area (Å²) in [4.78, 5) is 8.43. The van der Waals surface area contributed by atoms with E-state index in [1.165, 1.54) is 31.4 Å². The average molecular weight is 420 g/mol. The van der Waals surface area contributed by atoms with Crippen LogP contribution in [0.25, 0.3) is 0 Å². The first-order chi connectivity index (χ1) is 9.76. The largest absolute Gasteiger partial charge is 0.355 e. The Kier molecular flexibility index (Phi) is 6.31. The Morgan fingerprint density at radius 2 is 2.33 bits per heavy atom. The van der Waals surface area contributed by atoms with Gasteiger partial charge in [-0.15, -0.1) is 35.3 Å². The quantitative estimate of drug-likeness (QED) is 0.447. The van der Waals surface area contributed by atoms with E-state index in [4.69, 9.17) is 0 Å². The molecule has 0 spiro atoms. The molecule has 0 radical (unpaired) electrons. The van der Waals surface area contributed by atoms with Crippen LogP contribution in [-0.4, -0.2) is 43.1 Å². The molecule has 2 N–H and O–H groups in total. The minimum absolute atomic E-state index is 0. The fraction of sp³-hybridized carbons (Fsp3) is 0.667. The third kappa shape index (κ3) is 4.56. The topological polar surface area (TPSA) is 39.7 Å². The van der Waals surface area contributed by atoms with Gasteiger partial charge in [0, 0.05) is 43.6 Å². The summed E-state index contributed by atoms with van der Waals surface area (Å²) in [7, 11) is 1.85. The molecule has 118 valence electrons. The molecule has 0 bridgehead atoms. The molecule has 2 aliphatic rings. The third-order valence-electron chi connectivity index (χ3n) is 4.17. The zero-order valence-electron chi connectivity index (χ0n) is 12.8. The van der Waals surface area contributed by atoms with E-state index in [2.05, 4.69) is 38.9 Å². The van der Waals surface area contributed by atoms with Gasteiger partial charge in [-0.05, 0) is 43.2 Å². The lowest BCUT2D eigenvalue weighted by molar-refractivity contribution is 0.192. The SMILES string of the molecule is CN=C(NCC(C)N1CCc2sccc2C1)NC1CC1.I. The summed E-state index contributed by atoms with van der Waals surface area (Å²) in [6.45, 7) is 5.52. The van der Waals surface area contributed by atoms with Crippen molar-refractivity contribution in [2.75, 3.05) is 20.1 Å². The number of halogens is 1. The van der Waals surface area contributed by atoms with E-state index in [1.807, 2.05) is 18.4 Å². The molecule has 1 aliphatic carbocycles. The molecule has 2 heterocycles. The molecule has 1 saturated carbocycles. The molecule has 1 aromatic rings. The van der Waals surface area contributed by atoms with E-state index < -0.39 is 0 Å². The third-order valence-corrected chi connectivity index (χ3v) is 5.19. The molecule has 1 aliphatic heterocycles. The molecule has 1 atom stereocenters. The molecule has 3 rings (SSSR count). The first-order valence-electron chi connectivity index (χ1n) is 7.52. The molecule has 1 aromatic heterocycles. The predicted octanol–water partition coefficient (Wildman–Crippen LogP) is 2.44. The summed E-state index contributed by atoms with van der Waals surface area (Å²) in [5, 5.41) is 9.11. The van der Waals surface area contributed by atoms with Crippen LogP contribution in [-0.2, 0) is 13.0 Å². The fourth-order valence-electron chi connectivity index (χ4n) is 2.64. The van der Waals surface area contributed by atoms with Crippen LogP contribution >= 0.6 is 35.3 Å². The number of nitrogens with zero attached hydrogens (tertiary/aromatic N) is 2. The van der Waals surface area contributed by atoms with Gasteiger partial charge in [-0.25, -0.2) is 0 Å². The van der Waals surface area contributed by atoms with Gasteiger partial charge in [0.1, 0.15) is 0 Å². The van der Waals surface area contributed by atoms with Gasteiger partial charge >= 0.3 is 0 Å². The Labute approximate surface area is 148 Å². The minimum Gasteiger partial charge on any atom is -0.355 e. The van der Waals surface area contributed by atoms with Gasteiger partial charge in [0.2, 0.25) is 0 Å². The van der Waals surface area contributed by atoms with Crippen molar-refractivity contribution in [2.24, 2.45) is 4.99 Å². The van der Waals surface area contributed by atoms with Crippen LogP contribution in [0.4, 0.5) is 0 Å². The molecule has 4 nitrogen and oxygen atoms in total. The maximum atomic E-state index is 4.29. The predicted molar refractivity (Wildman–Crippen MR) is 101 cm³/mol. The molecule has 0 aromatic carbocycles. The van der Waals surface area contributed by atoms with Crippen LogP contribution in [0.2, 0.25) is 0 Å². The van der Waals surface area contributed by atoms with E-state index in [0.717, 1.165) is 19.0 Å². The number of fused-ring (bicyclic) bond motifs is 1. The summed E-state index contributed by atoms with van der Waals surface area (Å²) >= 11 is 1.90. The Balaban J connectivity index is 0.00000161. The van der Waals surface area contributed by atoms with E-state index in [9.17, 15) is 0 Å². The van der Waals surface area contributed by atoms with Crippen molar-refractivity contribution in [2.45, 2.75) is 44.8 Å². The molecular weight excluding hydrogens is 395 g/mol. The molecule has 1 unspecified atom stereocenters. The summed E-state index contributed by atoms with van der Waals surface area (Å²) in [6.07, 6.45) is 3.76. The van der Waals surface area contributed by atoms with Crippen molar-refractivity contribution in [3.05, 3.63) is 21.9 Å².